The predicted octanol–water partition coefficient (Wildman–Crippen LogP) is 3.54. The summed E-state index contributed by atoms with van der Waals surface area (Å²) in [6.07, 6.45) is 4.12. The Morgan fingerprint density at radius 2 is 2.07 bits per heavy atom. The quantitative estimate of drug-likeness (QED) is 0.747. The minimum Gasteiger partial charge on any atom is -0.314 e. The molecule has 0 aromatic heterocycles. The van der Waals surface area contributed by atoms with E-state index in [9.17, 15) is 0 Å². The molecule has 0 bridgehead atoms. The van der Waals surface area contributed by atoms with Crippen molar-refractivity contribution in [1.82, 2.24) is 5.32 Å². The molecular weight excluding hydrogens is 202 g/mol. The molecule has 1 rings (SSSR count). The average Bonchev–Trinajstić information content (AvgIpc) is 2.58. The van der Waals surface area contributed by atoms with Gasteiger partial charge in [-0.15, -0.1) is 0 Å². The van der Waals surface area contributed by atoms with Gasteiger partial charge < -0.3 is 5.32 Å². The summed E-state index contributed by atoms with van der Waals surface area (Å²) in [6.45, 7) is 10.4. The molecule has 0 radical (unpaired) electrons. The van der Waals surface area contributed by atoms with Gasteiger partial charge in [0.05, 0.1) is 0 Å². The van der Waals surface area contributed by atoms with Gasteiger partial charge in [0.1, 0.15) is 0 Å². The molecule has 0 aliphatic heterocycles. The number of hydrogen-bond donors (Lipinski definition) is 1. The lowest BCUT2D eigenvalue weighted by Gasteiger charge is -2.22. The Hall–Kier alpha value is 0.310. The summed E-state index contributed by atoms with van der Waals surface area (Å²) >= 11 is 2.21. The summed E-state index contributed by atoms with van der Waals surface area (Å²) in [5.41, 5.74) is 0. The van der Waals surface area contributed by atoms with Crippen LogP contribution in [0.4, 0.5) is 0 Å². The molecule has 1 nitrogen and oxygen atoms in total. The smallest absolute Gasteiger partial charge is 0.0103 e. The molecule has 0 aromatic carbocycles. The van der Waals surface area contributed by atoms with Crippen molar-refractivity contribution in [1.29, 1.82) is 0 Å². The van der Waals surface area contributed by atoms with Gasteiger partial charge in [0.25, 0.3) is 0 Å². The van der Waals surface area contributed by atoms with E-state index < -0.39 is 0 Å². The number of nitrogens with one attached hydrogen (secondary N) is 1. The molecule has 1 aliphatic carbocycles. The van der Waals surface area contributed by atoms with Gasteiger partial charge in [-0.05, 0) is 37.0 Å². The van der Waals surface area contributed by atoms with Crippen LogP contribution in [0.5, 0.6) is 0 Å². The topological polar surface area (TPSA) is 12.0 Å². The van der Waals surface area contributed by atoms with E-state index in [-0.39, 0.29) is 0 Å². The highest BCUT2D eigenvalue weighted by atomic mass is 32.2. The molecule has 0 heterocycles. The first kappa shape index (κ1) is 13.4. The van der Waals surface area contributed by atoms with Crippen molar-refractivity contribution in [2.24, 2.45) is 11.8 Å². The van der Waals surface area contributed by atoms with Crippen molar-refractivity contribution in [3.05, 3.63) is 0 Å². The molecular formula is C13H27NS. The van der Waals surface area contributed by atoms with E-state index in [0.29, 0.717) is 0 Å². The Bertz CT molecular complexity index is 172. The van der Waals surface area contributed by atoms with Gasteiger partial charge in [-0.2, -0.15) is 11.8 Å². The highest BCUT2D eigenvalue weighted by Gasteiger charge is 2.32. The van der Waals surface area contributed by atoms with Crippen LogP contribution in [0.25, 0.3) is 0 Å². The van der Waals surface area contributed by atoms with Crippen LogP contribution in [-0.2, 0) is 0 Å². The second-order valence-corrected chi connectivity index (χ2v) is 6.26. The minimum atomic E-state index is 0.782. The van der Waals surface area contributed by atoms with Crippen molar-refractivity contribution in [2.75, 3.05) is 12.3 Å². The van der Waals surface area contributed by atoms with E-state index in [1.807, 2.05) is 0 Å². The number of hydrogen-bond acceptors (Lipinski definition) is 2. The molecule has 1 saturated carbocycles. The van der Waals surface area contributed by atoms with E-state index in [1.54, 1.807) is 0 Å². The zero-order chi connectivity index (χ0) is 11.3. The minimum absolute atomic E-state index is 0.782. The van der Waals surface area contributed by atoms with Gasteiger partial charge in [0.2, 0.25) is 0 Å². The maximum Gasteiger partial charge on any atom is 0.0103 e. The predicted molar refractivity (Wildman–Crippen MR) is 71.6 cm³/mol. The Morgan fingerprint density at radius 3 is 2.67 bits per heavy atom. The van der Waals surface area contributed by atoms with E-state index in [2.05, 4.69) is 44.8 Å². The molecule has 4 atom stereocenters. The second kappa shape index (κ2) is 6.80. The summed E-state index contributed by atoms with van der Waals surface area (Å²) in [4.78, 5) is 0. The molecule has 15 heavy (non-hydrogen) atoms. The van der Waals surface area contributed by atoms with Crippen LogP contribution in [0.3, 0.4) is 0 Å². The molecule has 0 amide bonds. The fraction of sp³-hybridized carbons (Fsp3) is 1.00. The third-order valence-corrected chi connectivity index (χ3v) is 5.60. The van der Waals surface area contributed by atoms with E-state index in [1.165, 1.54) is 25.0 Å². The average molecular weight is 229 g/mol. The molecule has 90 valence electrons. The highest BCUT2D eigenvalue weighted by Crippen LogP contribution is 2.36. The lowest BCUT2D eigenvalue weighted by molar-refractivity contribution is 0.441. The monoisotopic (exact) mass is 229 g/mol. The van der Waals surface area contributed by atoms with Gasteiger partial charge in [-0.3, -0.25) is 0 Å². The third kappa shape index (κ3) is 3.99. The molecule has 4 unspecified atom stereocenters. The van der Waals surface area contributed by atoms with Gasteiger partial charge in [0, 0.05) is 11.3 Å². The second-order valence-electron chi connectivity index (χ2n) is 4.99. The number of rotatable bonds is 6. The normalized spacial score (nSPS) is 33.2. The van der Waals surface area contributed by atoms with E-state index >= 15 is 0 Å². The Balaban J connectivity index is 2.26. The van der Waals surface area contributed by atoms with Crippen molar-refractivity contribution >= 4 is 11.8 Å². The standard InChI is InChI=1S/C13H27NS/c1-5-10(3)9-15-13-8-7-12(11(13)4)14-6-2/h10-14H,5-9H2,1-4H3. The van der Waals surface area contributed by atoms with E-state index in [0.717, 1.165) is 29.7 Å². The maximum atomic E-state index is 3.61. The highest BCUT2D eigenvalue weighted by molar-refractivity contribution is 7.99. The fourth-order valence-electron chi connectivity index (χ4n) is 2.32. The van der Waals surface area contributed by atoms with Crippen molar-refractivity contribution in [3.63, 3.8) is 0 Å². The summed E-state index contributed by atoms with van der Waals surface area (Å²) in [5.74, 6) is 3.10. The lowest BCUT2D eigenvalue weighted by atomic mass is 10.1. The summed E-state index contributed by atoms with van der Waals surface area (Å²) in [6, 6.07) is 0.782. The molecule has 0 saturated heterocycles. The van der Waals surface area contributed by atoms with Crippen LogP contribution in [0.15, 0.2) is 0 Å². The Labute approximate surface area is 99.8 Å². The van der Waals surface area contributed by atoms with Crippen LogP contribution in [0, 0.1) is 11.8 Å². The van der Waals surface area contributed by atoms with Gasteiger partial charge in [0.15, 0.2) is 0 Å². The van der Waals surface area contributed by atoms with E-state index in [4.69, 9.17) is 0 Å². The fourth-order valence-corrected chi connectivity index (χ4v) is 3.93. The van der Waals surface area contributed by atoms with Crippen LogP contribution in [0.1, 0.15) is 47.0 Å². The van der Waals surface area contributed by atoms with Crippen LogP contribution >= 0.6 is 11.8 Å². The number of thioether (sulfide) groups is 1. The summed E-state index contributed by atoms with van der Waals surface area (Å²) in [7, 11) is 0. The molecule has 1 aliphatic rings. The lowest BCUT2D eigenvalue weighted by Crippen LogP contribution is -2.33. The van der Waals surface area contributed by atoms with Crippen LogP contribution < -0.4 is 5.32 Å². The first-order valence-electron chi connectivity index (χ1n) is 6.54. The summed E-state index contributed by atoms with van der Waals surface area (Å²) in [5, 5.41) is 4.52. The molecule has 0 spiro atoms. The zero-order valence-electron chi connectivity index (χ0n) is 10.8. The maximum absolute atomic E-state index is 3.61. The summed E-state index contributed by atoms with van der Waals surface area (Å²) < 4.78 is 0. The van der Waals surface area contributed by atoms with Gasteiger partial charge in [-0.25, -0.2) is 0 Å². The molecule has 2 heteroatoms. The van der Waals surface area contributed by atoms with Crippen LogP contribution in [-0.4, -0.2) is 23.6 Å². The first-order chi connectivity index (χ1) is 7.19. The zero-order valence-corrected chi connectivity index (χ0v) is 11.6. The van der Waals surface area contributed by atoms with Crippen molar-refractivity contribution in [3.8, 4) is 0 Å². The van der Waals surface area contributed by atoms with Gasteiger partial charge in [-0.1, -0.05) is 34.1 Å². The van der Waals surface area contributed by atoms with Crippen molar-refractivity contribution < 1.29 is 0 Å². The van der Waals surface area contributed by atoms with Crippen LogP contribution in [0.2, 0.25) is 0 Å². The first-order valence-corrected chi connectivity index (χ1v) is 7.58. The Morgan fingerprint density at radius 1 is 1.33 bits per heavy atom. The molecule has 0 aromatic rings. The van der Waals surface area contributed by atoms with Gasteiger partial charge >= 0.3 is 0 Å². The largest absolute Gasteiger partial charge is 0.314 e. The molecule has 1 fully saturated rings. The Kier molecular flexibility index (Phi) is 6.06. The molecule has 1 N–H and O–H groups in total. The third-order valence-electron chi connectivity index (χ3n) is 3.74. The van der Waals surface area contributed by atoms with Crippen molar-refractivity contribution in [2.45, 2.75) is 58.2 Å². The SMILES string of the molecule is CCNC1CCC(SCC(C)CC)C1C.